The van der Waals surface area contributed by atoms with Gasteiger partial charge in [-0.05, 0) is 19.3 Å². The smallest absolute Gasteiger partial charge is 0.0753 e. The van der Waals surface area contributed by atoms with Crippen molar-refractivity contribution in [3.63, 3.8) is 0 Å². The molecular formula is C15H30OSi. The second-order valence-corrected chi connectivity index (χ2v) is 11.6. The Hall–Kier alpha value is -0.0831. The summed E-state index contributed by atoms with van der Waals surface area (Å²) in [6.45, 7) is 7.07. The Bertz CT molecular complexity index is 240. The van der Waals surface area contributed by atoms with Crippen LogP contribution in [0.1, 0.15) is 57.8 Å². The maximum absolute atomic E-state index is 10.4. The molecule has 0 heterocycles. The highest BCUT2D eigenvalue weighted by molar-refractivity contribution is 6.83. The molecule has 0 aliphatic heterocycles. The van der Waals surface area contributed by atoms with Crippen molar-refractivity contribution >= 4 is 8.07 Å². The highest BCUT2D eigenvalue weighted by atomic mass is 28.3. The minimum Gasteiger partial charge on any atom is -0.389 e. The fourth-order valence-corrected chi connectivity index (χ4v) is 4.62. The molecule has 0 unspecified atom stereocenters. The van der Waals surface area contributed by atoms with E-state index in [1.807, 2.05) is 0 Å². The Morgan fingerprint density at radius 1 is 0.941 bits per heavy atom. The SMILES string of the molecule is C[Si](C)(C)C1=CCCCCCCCCC[C@@H]1O. The number of hydrogen-bond donors (Lipinski definition) is 1. The third-order valence-electron chi connectivity index (χ3n) is 3.77. The molecule has 17 heavy (non-hydrogen) atoms. The van der Waals surface area contributed by atoms with Crippen molar-refractivity contribution in [2.45, 2.75) is 83.5 Å². The van der Waals surface area contributed by atoms with Gasteiger partial charge in [-0.3, -0.25) is 0 Å². The molecule has 0 aromatic heterocycles. The van der Waals surface area contributed by atoms with Crippen LogP contribution in [0.4, 0.5) is 0 Å². The number of allylic oxidation sites excluding steroid dienone is 1. The first kappa shape index (κ1) is 15.0. The first-order valence-electron chi connectivity index (χ1n) is 7.40. The van der Waals surface area contributed by atoms with Gasteiger partial charge in [0.2, 0.25) is 0 Å². The third-order valence-corrected chi connectivity index (χ3v) is 6.04. The van der Waals surface area contributed by atoms with Gasteiger partial charge in [0.05, 0.1) is 14.2 Å². The fraction of sp³-hybridized carbons (Fsp3) is 0.867. The first-order valence-corrected chi connectivity index (χ1v) is 10.9. The molecule has 0 amide bonds. The van der Waals surface area contributed by atoms with Crippen molar-refractivity contribution in [1.29, 1.82) is 0 Å². The molecule has 0 bridgehead atoms. The molecule has 1 nitrogen and oxygen atoms in total. The van der Waals surface area contributed by atoms with E-state index in [0.29, 0.717) is 0 Å². The van der Waals surface area contributed by atoms with Gasteiger partial charge >= 0.3 is 0 Å². The lowest BCUT2D eigenvalue weighted by molar-refractivity contribution is 0.201. The molecule has 1 rings (SSSR count). The van der Waals surface area contributed by atoms with Crippen LogP contribution in [0.3, 0.4) is 0 Å². The summed E-state index contributed by atoms with van der Waals surface area (Å²) in [5.74, 6) is 0. The maximum Gasteiger partial charge on any atom is 0.0753 e. The first-order chi connectivity index (χ1) is 8.02. The summed E-state index contributed by atoms with van der Waals surface area (Å²) < 4.78 is 0. The molecule has 1 atom stereocenters. The van der Waals surface area contributed by atoms with Crippen molar-refractivity contribution in [3.8, 4) is 0 Å². The molecule has 1 N–H and O–H groups in total. The van der Waals surface area contributed by atoms with Gasteiger partial charge < -0.3 is 5.11 Å². The number of aliphatic hydroxyl groups excluding tert-OH is 1. The Morgan fingerprint density at radius 2 is 1.47 bits per heavy atom. The third kappa shape index (κ3) is 5.87. The van der Waals surface area contributed by atoms with Gasteiger partial charge in [-0.2, -0.15) is 0 Å². The van der Waals surface area contributed by atoms with Gasteiger partial charge in [0.1, 0.15) is 0 Å². The number of aliphatic hydroxyl groups is 1. The van der Waals surface area contributed by atoms with E-state index in [2.05, 4.69) is 25.7 Å². The van der Waals surface area contributed by atoms with Crippen molar-refractivity contribution in [2.75, 3.05) is 0 Å². The van der Waals surface area contributed by atoms with Crippen LogP contribution in [0.15, 0.2) is 11.3 Å². The van der Waals surface area contributed by atoms with E-state index in [0.717, 1.165) is 6.42 Å². The number of hydrogen-bond acceptors (Lipinski definition) is 1. The second kappa shape index (κ2) is 7.37. The molecule has 0 saturated carbocycles. The van der Waals surface area contributed by atoms with Crippen LogP contribution >= 0.6 is 0 Å². The van der Waals surface area contributed by atoms with Crippen LogP contribution < -0.4 is 0 Å². The fourth-order valence-electron chi connectivity index (χ4n) is 2.72. The van der Waals surface area contributed by atoms with Crippen LogP contribution in [0.2, 0.25) is 19.6 Å². The minimum absolute atomic E-state index is 0.152. The number of rotatable bonds is 1. The highest BCUT2D eigenvalue weighted by Gasteiger charge is 2.25. The lowest BCUT2D eigenvalue weighted by Gasteiger charge is -2.26. The molecule has 0 saturated heterocycles. The van der Waals surface area contributed by atoms with E-state index in [1.165, 1.54) is 56.6 Å². The molecule has 1 aliphatic carbocycles. The van der Waals surface area contributed by atoms with Gasteiger partial charge in [-0.1, -0.05) is 69.4 Å². The highest BCUT2D eigenvalue weighted by Crippen LogP contribution is 2.24. The molecular weight excluding hydrogens is 224 g/mol. The van der Waals surface area contributed by atoms with Crippen LogP contribution in [-0.4, -0.2) is 19.3 Å². The maximum atomic E-state index is 10.4. The predicted molar refractivity (Wildman–Crippen MR) is 79.0 cm³/mol. The zero-order valence-electron chi connectivity index (χ0n) is 12.0. The van der Waals surface area contributed by atoms with Gasteiger partial charge in [0, 0.05) is 0 Å². The summed E-state index contributed by atoms with van der Waals surface area (Å²) in [7, 11) is -1.33. The monoisotopic (exact) mass is 254 g/mol. The largest absolute Gasteiger partial charge is 0.389 e. The lowest BCUT2D eigenvalue weighted by atomic mass is 10.0. The van der Waals surface area contributed by atoms with Gasteiger partial charge in [0.15, 0.2) is 0 Å². The van der Waals surface area contributed by atoms with Crippen molar-refractivity contribution in [1.82, 2.24) is 0 Å². The van der Waals surface area contributed by atoms with Crippen LogP contribution in [-0.2, 0) is 0 Å². The van der Waals surface area contributed by atoms with Crippen LogP contribution in [0.5, 0.6) is 0 Å². The van der Waals surface area contributed by atoms with E-state index >= 15 is 0 Å². The normalized spacial score (nSPS) is 25.6. The molecule has 2 heteroatoms. The molecule has 0 radical (unpaired) electrons. The van der Waals surface area contributed by atoms with E-state index < -0.39 is 8.07 Å². The van der Waals surface area contributed by atoms with Gasteiger partial charge in [-0.25, -0.2) is 0 Å². The summed E-state index contributed by atoms with van der Waals surface area (Å²) in [4.78, 5) is 0. The predicted octanol–water partition coefficient (Wildman–Crippen LogP) is 4.68. The Morgan fingerprint density at radius 3 is 2.06 bits per heavy atom. The topological polar surface area (TPSA) is 20.2 Å². The van der Waals surface area contributed by atoms with Crippen LogP contribution in [0.25, 0.3) is 0 Å². The Balaban J connectivity index is 2.65. The molecule has 0 aromatic carbocycles. The van der Waals surface area contributed by atoms with Crippen LogP contribution in [0, 0.1) is 0 Å². The average Bonchev–Trinajstić information content (AvgIpc) is 2.21. The Labute approximate surface area is 108 Å². The van der Waals surface area contributed by atoms with E-state index in [-0.39, 0.29) is 6.10 Å². The molecule has 1 aliphatic rings. The molecule has 0 fully saturated rings. The second-order valence-electron chi connectivity index (χ2n) is 6.48. The molecule has 100 valence electrons. The summed E-state index contributed by atoms with van der Waals surface area (Å²) in [5, 5.41) is 11.8. The quantitative estimate of drug-likeness (QED) is 0.674. The summed E-state index contributed by atoms with van der Waals surface area (Å²) >= 11 is 0. The zero-order chi connectivity index (χ0) is 12.7. The Kier molecular flexibility index (Phi) is 6.50. The molecule has 0 aromatic rings. The average molecular weight is 254 g/mol. The van der Waals surface area contributed by atoms with E-state index in [4.69, 9.17) is 0 Å². The summed E-state index contributed by atoms with van der Waals surface area (Å²) in [5.41, 5.74) is 0. The van der Waals surface area contributed by atoms with E-state index in [1.54, 1.807) is 0 Å². The van der Waals surface area contributed by atoms with Gasteiger partial charge in [0.25, 0.3) is 0 Å². The lowest BCUT2D eigenvalue weighted by Crippen LogP contribution is -2.32. The zero-order valence-corrected chi connectivity index (χ0v) is 13.0. The van der Waals surface area contributed by atoms with Gasteiger partial charge in [-0.15, -0.1) is 0 Å². The van der Waals surface area contributed by atoms with Crippen molar-refractivity contribution in [2.24, 2.45) is 0 Å². The standard InChI is InChI=1S/C15H30OSi/c1-17(2,3)15-13-11-9-7-5-4-6-8-10-12-14(15)16/h13-14,16H,4-12H2,1-3H3/t14-/m0/s1. The summed E-state index contributed by atoms with van der Waals surface area (Å²) in [6, 6.07) is 0. The minimum atomic E-state index is -1.33. The van der Waals surface area contributed by atoms with Crippen molar-refractivity contribution < 1.29 is 5.11 Å². The molecule has 0 spiro atoms. The van der Waals surface area contributed by atoms with E-state index in [9.17, 15) is 5.11 Å². The summed E-state index contributed by atoms with van der Waals surface area (Å²) in [6.07, 6.45) is 13.7. The van der Waals surface area contributed by atoms with Crippen molar-refractivity contribution in [3.05, 3.63) is 11.3 Å².